The number of rotatable bonds is 13. The predicted molar refractivity (Wildman–Crippen MR) is 150 cm³/mol. The topological polar surface area (TPSA) is 170 Å². The van der Waals surface area contributed by atoms with E-state index in [9.17, 15) is 25.2 Å². The lowest BCUT2D eigenvalue weighted by atomic mass is 9.97. The third-order valence-electron chi connectivity index (χ3n) is 7.64. The van der Waals surface area contributed by atoms with Gasteiger partial charge in [-0.3, -0.25) is 14.8 Å². The normalized spacial score (nSPS) is 25.4. The van der Waals surface area contributed by atoms with Crippen LogP contribution in [0.25, 0.3) is 0 Å². The number of carbonyl (C=O) groups is 1. The summed E-state index contributed by atoms with van der Waals surface area (Å²) in [5.41, 5.74) is 3.83. The molecule has 0 bridgehead atoms. The zero-order chi connectivity index (χ0) is 29.4. The predicted octanol–water partition coefficient (Wildman–Crippen LogP) is 0.0737. The maximum Gasteiger partial charge on any atom is 0.238 e. The Morgan fingerprint density at radius 2 is 1.83 bits per heavy atom. The lowest BCUT2D eigenvalue weighted by molar-refractivity contribution is -0.278. The molecule has 2 saturated heterocycles. The monoisotopic (exact) mass is 576 g/mol. The van der Waals surface area contributed by atoms with Crippen molar-refractivity contribution in [1.29, 1.82) is 0 Å². The summed E-state index contributed by atoms with van der Waals surface area (Å²) in [4.78, 5) is 14.5. The Morgan fingerprint density at radius 3 is 2.51 bits per heavy atom. The van der Waals surface area contributed by atoms with Gasteiger partial charge in [-0.1, -0.05) is 38.1 Å². The summed E-state index contributed by atoms with van der Waals surface area (Å²) in [5.74, 6) is 0.411. The van der Waals surface area contributed by atoms with E-state index < -0.39 is 37.3 Å². The number of H-pyrrole nitrogens is 1. The van der Waals surface area contributed by atoms with Gasteiger partial charge in [0.05, 0.1) is 19.8 Å². The number of aromatic amines is 1. The number of aromatic nitrogens is 2. The zero-order valence-corrected chi connectivity index (χ0v) is 23.9. The Bertz CT molecular complexity index is 1090. The fourth-order valence-corrected chi connectivity index (χ4v) is 5.13. The summed E-state index contributed by atoms with van der Waals surface area (Å²) in [6, 6.07) is 8.18. The molecule has 1 aromatic carbocycles. The maximum atomic E-state index is 12.2. The van der Waals surface area contributed by atoms with Crippen molar-refractivity contribution >= 4 is 5.91 Å². The van der Waals surface area contributed by atoms with Crippen LogP contribution in [0.1, 0.15) is 55.0 Å². The van der Waals surface area contributed by atoms with Crippen molar-refractivity contribution in [3.8, 4) is 5.88 Å². The molecule has 2 fully saturated rings. The fraction of sp³-hybridized carbons (Fsp3) is 0.655. The van der Waals surface area contributed by atoms with Gasteiger partial charge in [0.2, 0.25) is 18.1 Å². The first-order chi connectivity index (χ1) is 19.8. The molecule has 2 aromatic rings. The molecule has 5 atom stereocenters. The maximum absolute atomic E-state index is 12.2. The molecular weight excluding hydrogens is 532 g/mol. The highest BCUT2D eigenvalue weighted by atomic mass is 16.7. The molecule has 0 unspecified atom stereocenters. The summed E-state index contributed by atoms with van der Waals surface area (Å²) >= 11 is 0. The number of amides is 1. The van der Waals surface area contributed by atoms with Gasteiger partial charge >= 0.3 is 0 Å². The molecule has 0 aliphatic carbocycles. The highest BCUT2D eigenvalue weighted by Crippen LogP contribution is 2.31. The van der Waals surface area contributed by atoms with E-state index in [0.717, 1.165) is 68.1 Å². The number of nitrogens with one attached hydrogen (secondary N) is 2. The van der Waals surface area contributed by atoms with Crippen LogP contribution in [0.2, 0.25) is 0 Å². The quantitative estimate of drug-likeness (QED) is 0.192. The van der Waals surface area contributed by atoms with Crippen LogP contribution in [0.4, 0.5) is 0 Å². The smallest absolute Gasteiger partial charge is 0.238 e. The molecule has 228 valence electrons. The Morgan fingerprint density at radius 1 is 1.12 bits per heavy atom. The van der Waals surface area contributed by atoms with Crippen LogP contribution in [0.3, 0.4) is 0 Å². The Kier molecular flexibility index (Phi) is 11.5. The second kappa shape index (κ2) is 15.1. The Balaban J connectivity index is 1.29. The van der Waals surface area contributed by atoms with Crippen LogP contribution >= 0.6 is 0 Å². The number of aryl methyl sites for hydroxylation is 1. The minimum atomic E-state index is -1.54. The number of ether oxygens (including phenoxy) is 3. The number of hydrogen-bond acceptors (Lipinski definition) is 10. The number of aliphatic hydroxyl groups is 4. The summed E-state index contributed by atoms with van der Waals surface area (Å²) in [7, 11) is 0. The standard InChI is InChI=1S/C29H44N4O8/c1-18(2)24-21(28(32-31-24)41-29-27(38)26(37)25(36)22(17-34)40-29)16-20-8-6-19(7-9-20)4-3-5-23(35)30-10-11-33-12-14-39-15-13-33/h6-9,18,22,25-27,29,34,36-38H,3-5,10-17H2,1-2H3,(H,30,35)(H,31,32)/t22-,25-,26+,27-,29+/m1/s1. The molecule has 12 heteroatoms. The zero-order valence-electron chi connectivity index (χ0n) is 23.9. The van der Waals surface area contributed by atoms with Crippen molar-refractivity contribution < 1.29 is 39.4 Å². The van der Waals surface area contributed by atoms with Crippen LogP contribution in [0.15, 0.2) is 24.3 Å². The second-order valence-electron chi connectivity index (χ2n) is 11.0. The second-order valence-corrected chi connectivity index (χ2v) is 11.0. The summed E-state index contributed by atoms with van der Waals surface area (Å²) in [6.07, 6.45) is -4.36. The van der Waals surface area contributed by atoms with Crippen molar-refractivity contribution in [2.24, 2.45) is 0 Å². The van der Waals surface area contributed by atoms with Crippen LogP contribution in [0.5, 0.6) is 5.88 Å². The van der Waals surface area contributed by atoms with Crippen molar-refractivity contribution in [3.63, 3.8) is 0 Å². The molecular formula is C29H44N4O8. The van der Waals surface area contributed by atoms with E-state index >= 15 is 0 Å². The average Bonchev–Trinajstić information content (AvgIpc) is 3.37. The number of nitrogens with zero attached hydrogens (tertiary/aromatic N) is 2. The van der Waals surface area contributed by atoms with Gasteiger partial charge in [0, 0.05) is 50.3 Å². The third-order valence-corrected chi connectivity index (χ3v) is 7.64. The van der Waals surface area contributed by atoms with Crippen LogP contribution in [-0.2, 0) is 27.1 Å². The van der Waals surface area contributed by atoms with Gasteiger partial charge in [-0.2, -0.15) is 0 Å². The van der Waals surface area contributed by atoms with Gasteiger partial charge < -0.3 is 40.0 Å². The Hall–Kier alpha value is -2.58. The van der Waals surface area contributed by atoms with Gasteiger partial charge in [-0.05, 0) is 29.9 Å². The summed E-state index contributed by atoms with van der Waals surface area (Å²) in [6.45, 7) is 8.35. The first-order valence-corrected chi connectivity index (χ1v) is 14.5. The molecule has 41 heavy (non-hydrogen) atoms. The molecule has 12 nitrogen and oxygen atoms in total. The van der Waals surface area contributed by atoms with E-state index in [1.54, 1.807) is 0 Å². The van der Waals surface area contributed by atoms with Crippen molar-refractivity contribution in [2.75, 3.05) is 46.0 Å². The van der Waals surface area contributed by atoms with Gasteiger partial charge in [0.15, 0.2) is 0 Å². The molecule has 1 amide bonds. The minimum absolute atomic E-state index is 0.0722. The molecule has 4 rings (SSSR count). The number of carbonyl (C=O) groups excluding carboxylic acids is 1. The van der Waals surface area contributed by atoms with Crippen molar-refractivity contribution in [2.45, 2.75) is 76.2 Å². The van der Waals surface area contributed by atoms with E-state index in [0.29, 0.717) is 19.4 Å². The number of aliphatic hydroxyl groups excluding tert-OH is 4. The summed E-state index contributed by atoms with van der Waals surface area (Å²) < 4.78 is 16.7. The van der Waals surface area contributed by atoms with Crippen LogP contribution < -0.4 is 10.1 Å². The molecule has 2 aliphatic heterocycles. The van der Waals surface area contributed by atoms with E-state index in [2.05, 4.69) is 32.5 Å². The Labute approximate surface area is 240 Å². The number of hydrogen-bond donors (Lipinski definition) is 6. The van der Waals surface area contributed by atoms with Gasteiger partial charge in [0.1, 0.15) is 24.4 Å². The van der Waals surface area contributed by atoms with E-state index in [1.165, 1.54) is 0 Å². The van der Waals surface area contributed by atoms with E-state index in [1.807, 2.05) is 26.0 Å². The van der Waals surface area contributed by atoms with Crippen LogP contribution in [0, 0.1) is 0 Å². The summed E-state index contributed by atoms with van der Waals surface area (Å²) in [5, 5.41) is 50.4. The van der Waals surface area contributed by atoms with E-state index in [4.69, 9.17) is 14.2 Å². The van der Waals surface area contributed by atoms with Gasteiger partial charge in [-0.15, -0.1) is 5.10 Å². The molecule has 0 saturated carbocycles. The third kappa shape index (κ3) is 8.48. The minimum Gasteiger partial charge on any atom is -0.443 e. The van der Waals surface area contributed by atoms with Crippen molar-refractivity contribution in [3.05, 3.63) is 46.6 Å². The van der Waals surface area contributed by atoms with Gasteiger partial charge in [-0.25, -0.2) is 0 Å². The van der Waals surface area contributed by atoms with Crippen molar-refractivity contribution in [1.82, 2.24) is 20.4 Å². The molecule has 0 radical (unpaired) electrons. The van der Waals surface area contributed by atoms with E-state index in [-0.39, 0.29) is 17.7 Å². The molecule has 0 spiro atoms. The molecule has 2 aliphatic rings. The lowest BCUT2D eigenvalue weighted by Gasteiger charge is -2.39. The van der Waals surface area contributed by atoms with Gasteiger partial charge in [0.25, 0.3) is 0 Å². The lowest BCUT2D eigenvalue weighted by Crippen LogP contribution is -2.60. The number of morpholine rings is 1. The largest absolute Gasteiger partial charge is 0.443 e. The fourth-order valence-electron chi connectivity index (χ4n) is 5.13. The van der Waals surface area contributed by atoms with Crippen LogP contribution in [-0.4, -0.2) is 118 Å². The highest BCUT2D eigenvalue weighted by Gasteiger charge is 2.45. The highest BCUT2D eigenvalue weighted by molar-refractivity contribution is 5.75. The average molecular weight is 577 g/mol. The SMILES string of the molecule is CC(C)c1[nH]nc(O[C@@H]2O[C@H](CO)[C@@H](O)[C@H](O)[C@H]2O)c1Cc1ccc(CCCC(=O)NCCN2CCOCC2)cc1. The first kappa shape index (κ1) is 31.4. The first-order valence-electron chi connectivity index (χ1n) is 14.5. The molecule has 1 aromatic heterocycles. The number of benzene rings is 1. The molecule has 3 heterocycles. The molecule has 6 N–H and O–H groups in total.